The number of hydrogen-bond acceptors (Lipinski definition) is 5. The Morgan fingerprint density at radius 3 is 2.90 bits per heavy atom. The highest BCUT2D eigenvalue weighted by Crippen LogP contribution is 2.25. The molecule has 1 heterocycles. The van der Waals surface area contributed by atoms with Crippen molar-refractivity contribution >= 4 is 23.3 Å². The van der Waals surface area contributed by atoms with E-state index in [1.807, 2.05) is 0 Å². The summed E-state index contributed by atoms with van der Waals surface area (Å²) in [7, 11) is 1.26. The summed E-state index contributed by atoms with van der Waals surface area (Å²) < 4.78 is 5.49. The number of nitrogens with one attached hydrogen (secondary N) is 1. The minimum atomic E-state index is -0.540. The molecule has 0 unspecified atom stereocenters. The highest BCUT2D eigenvalue weighted by atomic mass is 35.5. The molecule has 1 saturated carbocycles. The average Bonchev–Trinajstić information content (AvgIpc) is 2.96. The first-order valence-electron chi connectivity index (χ1n) is 6.68. The van der Waals surface area contributed by atoms with Crippen molar-refractivity contribution in [3.63, 3.8) is 0 Å². The first kappa shape index (κ1) is 14.8. The van der Waals surface area contributed by atoms with Gasteiger partial charge >= 0.3 is 5.97 Å². The third kappa shape index (κ3) is 3.50. The van der Waals surface area contributed by atoms with Crippen molar-refractivity contribution in [3.8, 4) is 0 Å². The van der Waals surface area contributed by atoms with Crippen molar-refractivity contribution in [2.24, 2.45) is 5.92 Å². The van der Waals surface area contributed by atoms with Crippen molar-refractivity contribution in [1.82, 2.24) is 9.78 Å². The van der Waals surface area contributed by atoms with Crippen LogP contribution in [0.15, 0.2) is 11.0 Å². The number of ether oxygens (including phenoxy) is 1. The van der Waals surface area contributed by atoms with E-state index in [2.05, 4.69) is 15.2 Å². The summed E-state index contributed by atoms with van der Waals surface area (Å²) >= 11 is 6.02. The lowest BCUT2D eigenvalue weighted by atomic mass is 10.1. The normalized spacial score (nSPS) is 15.3. The fourth-order valence-electron chi connectivity index (χ4n) is 2.36. The van der Waals surface area contributed by atoms with Gasteiger partial charge in [-0.2, -0.15) is 5.10 Å². The second-order valence-corrected chi connectivity index (χ2v) is 5.32. The monoisotopic (exact) mass is 299 g/mol. The number of esters is 1. The van der Waals surface area contributed by atoms with Gasteiger partial charge in [0.15, 0.2) is 0 Å². The summed E-state index contributed by atoms with van der Waals surface area (Å²) in [6, 6.07) is 0. The zero-order chi connectivity index (χ0) is 14.5. The van der Waals surface area contributed by atoms with Crippen molar-refractivity contribution in [2.75, 3.05) is 19.0 Å². The van der Waals surface area contributed by atoms with Crippen molar-refractivity contribution in [3.05, 3.63) is 21.6 Å². The maximum atomic E-state index is 12.0. The quantitative estimate of drug-likeness (QED) is 0.837. The Morgan fingerprint density at radius 1 is 1.55 bits per heavy atom. The van der Waals surface area contributed by atoms with E-state index in [4.69, 9.17) is 11.6 Å². The molecule has 1 aliphatic carbocycles. The fourth-order valence-corrected chi connectivity index (χ4v) is 2.57. The van der Waals surface area contributed by atoms with Crippen LogP contribution in [0, 0.1) is 5.92 Å². The molecule has 1 aliphatic rings. The van der Waals surface area contributed by atoms with Gasteiger partial charge in [0.05, 0.1) is 19.0 Å². The van der Waals surface area contributed by atoms with Crippen molar-refractivity contribution in [1.29, 1.82) is 0 Å². The van der Waals surface area contributed by atoms with Crippen molar-refractivity contribution in [2.45, 2.75) is 32.2 Å². The van der Waals surface area contributed by atoms with Crippen LogP contribution in [-0.2, 0) is 16.1 Å². The van der Waals surface area contributed by atoms with E-state index in [1.165, 1.54) is 39.0 Å². The van der Waals surface area contributed by atoms with Crippen LogP contribution in [0.1, 0.15) is 25.7 Å². The smallest absolute Gasteiger partial charge is 0.327 e. The van der Waals surface area contributed by atoms with Gasteiger partial charge in [0.1, 0.15) is 11.6 Å². The zero-order valence-corrected chi connectivity index (χ0v) is 12.2. The number of carbonyl (C=O) groups excluding carboxylic acids is 1. The van der Waals surface area contributed by atoms with Crippen LogP contribution >= 0.6 is 11.6 Å². The van der Waals surface area contributed by atoms with Crippen LogP contribution in [0.25, 0.3) is 0 Å². The lowest BCUT2D eigenvalue weighted by molar-refractivity contribution is -0.141. The summed E-state index contributed by atoms with van der Waals surface area (Å²) in [5.74, 6) is 0.0888. The molecule has 6 nitrogen and oxygen atoms in total. The molecule has 1 fully saturated rings. The van der Waals surface area contributed by atoms with Gasteiger partial charge in [0.25, 0.3) is 5.56 Å². The number of anilines is 1. The highest BCUT2D eigenvalue weighted by Gasteiger charge is 2.16. The van der Waals surface area contributed by atoms with Gasteiger partial charge in [0.2, 0.25) is 0 Å². The molecular formula is C13H18ClN3O3. The average molecular weight is 300 g/mol. The van der Waals surface area contributed by atoms with Crippen LogP contribution in [0.4, 0.5) is 5.69 Å². The molecule has 7 heteroatoms. The summed E-state index contributed by atoms with van der Waals surface area (Å²) in [6.07, 6.45) is 6.41. The molecule has 0 aliphatic heterocycles. The van der Waals surface area contributed by atoms with Crippen LogP contribution in [0.5, 0.6) is 0 Å². The summed E-state index contributed by atoms with van der Waals surface area (Å²) in [4.78, 5) is 23.1. The predicted octanol–water partition coefficient (Wildman–Crippen LogP) is 1.67. The Morgan fingerprint density at radius 2 is 2.25 bits per heavy atom. The lowest BCUT2D eigenvalue weighted by Gasteiger charge is -2.13. The maximum Gasteiger partial charge on any atom is 0.327 e. The van der Waals surface area contributed by atoms with E-state index in [1.54, 1.807) is 0 Å². The second kappa shape index (κ2) is 6.74. The van der Waals surface area contributed by atoms with E-state index in [9.17, 15) is 9.59 Å². The van der Waals surface area contributed by atoms with Crippen LogP contribution in [0.2, 0.25) is 5.02 Å². The number of aromatic nitrogens is 2. The van der Waals surface area contributed by atoms with Crippen LogP contribution in [-0.4, -0.2) is 29.4 Å². The minimum absolute atomic E-state index is 0.0573. The number of hydrogen-bond donors (Lipinski definition) is 1. The van der Waals surface area contributed by atoms with Crippen molar-refractivity contribution < 1.29 is 9.53 Å². The molecular weight excluding hydrogens is 282 g/mol. The van der Waals surface area contributed by atoms with E-state index in [0.29, 0.717) is 11.6 Å². The predicted molar refractivity (Wildman–Crippen MR) is 76.0 cm³/mol. The Bertz CT molecular complexity index is 538. The minimum Gasteiger partial charge on any atom is -0.468 e. The maximum absolute atomic E-state index is 12.0. The SMILES string of the molecule is COC(=O)Cn1ncc(NCC2CCCC2)c(Cl)c1=O. The van der Waals surface area contributed by atoms with Gasteiger partial charge in [-0.05, 0) is 18.8 Å². The van der Waals surface area contributed by atoms with Gasteiger partial charge < -0.3 is 10.1 Å². The Balaban J connectivity index is 2.05. The first-order valence-corrected chi connectivity index (χ1v) is 7.06. The topological polar surface area (TPSA) is 73.2 Å². The molecule has 0 atom stereocenters. The van der Waals surface area contributed by atoms with Gasteiger partial charge in [-0.15, -0.1) is 0 Å². The molecule has 0 saturated heterocycles. The Labute approximate surface area is 122 Å². The fraction of sp³-hybridized carbons (Fsp3) is 0.615. The standard InChI is InChI=1S/C13H18ClN3O3/c1-20-11(18)8-17-13(19)12(14)10(7-16-17)15-6-9-4-2-3-5-9/h7,9,15H,2-6,8H2,1H3. The molecule has 1 N–H and O–H groups in total. The molecule has 1 aromatic heterocycles. The third-order valence-electron chi connectivity index (χ3n) is 3.55. The molecule has 0 spiro atoms. The molecule has 2 rings (SSSR count). The zero-order valence-electron chi connectivity index (χ0n) is 11.4. The highest BCUT2D eigenvalue weighted by molar-refractivity contribution is 6.32. The molecule has 0 amide bonds. The van der Waals surface area contributed by atoms with Crippen LogP contribution in [0.3, 0.4) is 0 Å². The number of carbonyl (C=O) groups is 1. The molecule has 0 radical (unpaired) electrons. The molecule has 1 aromatic rings. The van der Waals surface area contributed by atoms with E-state index in [0.717, 1.165) is 11.2 Å². The van der Waals surface area contributed by atoms with Gasteiger partial charge in [-0.25, -0.2) is 4.68 Å². The number of nitrogens with zero attached hydrogens (tertiary/aromatic N) is 2. The summed E-state index contributed by atoms with van der Waals surface area (Å²) in [5, 5.41) is 7.15. The molecule has 0 bridgehead atoms. The van der Waals surface area contributed by atoms with E-state index in [-0.39, 0.29) is 11.6 Å². The Hall–Kier alpha value is -1.56. The van der Waals surface area contributed by atoms with E-state index < -0.39 is 11.5 Å². The third-order valence-corrected chi connectivity index (χ3v) is 3.91. The lowest BCUT2D eigenvalue weighted by Crippen LogP contribution is -2.28. The summed E-state index contributed by atoms with van der Waals surface area (Å²) in [6.45, 7) is 0.555. The van der Waals surface area contributed by atoms with Gasteiger partial charge in [-0.3, -0.25) is 9.59 Å². The van der Waals surface area contributed by atoms with Gasteiger partial charge in [0, 0.05) is 6.54 Å². The second-order valence-electron chi connectivity index (χ2n) is 4.94. The summed E-state index contributed by atoms with van der Waals surface area (Å²) in [5.41, 5.74) is 0.0261. The van der Waals surface area contributed by atoms with E-state index >= 15 is 0 Å². The first-order chi connectivity index (χ1) is 9.61. The molecule has 110 valence electrons. The Kier molecular flexibility index (Phi) is 5.00. The van der Waals surface area contributed by atoms with Crippen LogP contribution < -0.4 is 10.9 Å². The van der Waals surface area contributed by atoms with Gasteiger partial charge in [-0.1, -0.05) is 24.4 Å². The largest absolute Gasteiger partial charge is 0.468 e. The number of methoxy groups -OCH3 is 1. The molecule has 0 aromatic carbocycles. The number of halogens is 1. The number of rotatable bonds is 5. The molecule has 20 heavy (non-hydrogen) atoms.